The Balaban J connectivity index is 1.48. The van der Waals surface area contributed by atoms with E-state index >= 15 is 0 Å². The third-order valence-electron chi connectivity index (χ3n) is 4.16. The van der Waals surface area contributed by atoms with Crippen LogP contribution in [0, 0.1) is 10.1 Å². The largest absolute Gasteiger partial charge is 0.493 e. The Kier molecular flexibility index (Phi) is 8.54. The molecule has 3 aromatic rings. The molecule has 0 fully saturated rings. The van der Waals surface area contributed by atoms with Crippen LogP contribution in [-0.4, -0.2) is 46.9 Å². The fourth-order valence-corrected chi connectivity index (χ4v) is 4.14. The van der Waals surface area contributed by atoms with Crippen LogP contribution >= 0.6 is 23.1 Å². The molecule has 0 bridgehead atoms. The lowest BCUT2D eigenvalue weighted by atomic mass is 10.2. The van der Waals surface area contributed by atoms with Crippen LogP contribution in [0.25, 0.3) is 6.08 Å². The normalized spacial score (nSPS) is 10.6. The van der Waals surface area contributed by atoms with E-state index in [9.17, 15) is 19.7 Å². The highest BCUT2D eigenvalue weighted by molar-refractivity contribution is 8.01. The summed E-state index contributed by atoms with van der Waals surface area (Å²) in [5.74, 6) is 0.493. The predicted octanol–water partition coefficient (Wildman–Crippen LogP) is 3.85. The molecule has 34 heavy (non-hydrogen) atoms. The van der Waals surface area contributed by atoms with Crippen molar-refractivity contribution in [3.8, 4) is 11.5 Å². The minimum absolute atomic E-state index is 0.0543. The van der Waals surface area contributed by atoms with Gasteiger partial charge in [0.25, 0.3) is 5.69 Å². The van der Waals surface area contributed by atoms with E-state index in [1.165, 1.54) is 37.5 Å². The van der Waals surface area contributed by atoms with Crippen molar-refractivity contribution >= 4 is 57.5 Å². The summed E-state index contributed by atoms with van der Waals surface area (Å²) in [6.07, 6.45) is 2.98. The summed E-state index contributed by atoms with van der Waals surface area (Å²) in [5, 5.41) is 24.1. The van der Waals surface area contributed by atoms with Crippen molar-refractivity contribution in [2.45, 2.75) is 4.34 Å². The molecule has 11 nitrogen and oxygen atoms in total. The monoisotopic (exact) mass is 501 g/mol. The van der Waals surface area contributed by atoms with Gasteiger partial charge in [0.1, 0.15) is 0 Å². The summed E-state index contributed by atoms with van der Waals surface area (Å²) >= 11 is 2.28. The molecule has 2 amide bonds. The number of nitro benzene ring substituents is 1. The highest BCUT2D eigenvalue weighted by Gasteiger charge is 2.11. The van der Waals surface area contributed by atoms with Crippen LogP contribution in [0.3, 0.4) is 0 Å². The number of rotatable bonds is 10. The number of benzene rings is 2. The number of amides is 2. The predicted molar refractivity (Wildman–Crippen MR) is 130 cm³/mol. The molecule has 0 unspecified atom stereocenters. The number of nitrogens with one attached hydrogen (secondary N) is 2. The Hall–Kier alpha value is -3.97. The van der Waals surface area contributed by atoms with Gasteiger partial charge in [-0.05, 0) is 35.9 Å². The van der Waals surface area contributed by atoms with Crippen molar-refractivity contribution in [3.63, 3.8) is 0 Å². The summed E-state index contributed by atoms with van der Waals surface area (Å²) in [4.78, 5) is 34.4. The topological polar surface area (TPSA) is 146 Å². The van der Waals surface area contributed by atoms with Gasteiger partial charge in [-0.25, -0.2) is 0 Å². The highest BCUT2D eigenvalue weighted by atomic mass is 32.2. The van der Waals surface area contributed by atoms with Crippen LogP contribution in [0.5, 0.6) is 11.5 Å². The van der Waals surface area contributed by atoms with Gasteiger partial charge in [0.05, 0.1) is 24.9 Å². The molecule has 13 heteroatoms. The fraction of sp³-hybridized carbons (Fsp3) is 0.143. The average molecular weight is 502 g/mol. The molecule has 1 aromatic heterocycles. The first kappa shape index (κ1) is 24.7. The fourth-order valence-electron chi connectivity index (χ4n) is 2.58. The Morgan fingerprint density at radius 1 is 1.09 bits per heavy atom. The van der Waals surface area contributed by atoms with Gasteiger partial charge in [-0.15, -0.1) is 10.2 Å². The zero-order valence-corrected chi connectivity index (χ0v) is 19.6. The molecule has 0 atom stereocenters. The summed E-state index contributed by atoms with van der Waals surface area (Å²) < 4.78 is 10.9. The lowest BCUT2D eigenvalue weighted by molar-refractivity contribution is -0.384. The first-order valence-corrected chi connectivity index (χ1v) is 11.4. The van der Waals surface area contributed by atoms with Crippen LogP contribution in [0.1, 0.15) is 5.56 Å². The summed E-state index contributed by atoms with van der Waals surface area (Å²) in [6.45, 7) is 0. The van der Waals surface area contributed by atoms with Gasteiger partial charge in [-0.3, -0.25) is 25.0 Å². The summed E-state index contributed by atoms with van der Waals surface area (Å²) in [5.41, 5.74) is 1.14. The number of nitrogens with zero attached hydrogens (tertiary/aromatic N) is 3. The number of anilines is 2. The van der Waals surface area contributed by atoms with Gasteiger partial charge in [-0.2, -0.15) is 0 Å². The highest BCUT2D eigenvalue weighted by Crippen LogP contribution is 2.28. The van der Waals surface area contributed by atoms with E-state index in [0.717, 1.165) is 28.7 Å². The molecule has 0 spiro atoms. The molecular formula is C21H19N5O6S2. The first-order valence-electron chi connectivity index (χ1n) is 9.59. The number of nitro groups is 1. The number of ether oxygens (including phenoxy) is 2. The summed E-state index contributed by atoms with van der Waals surface area (Å²) in [6, 6.07) is 10.8. The molecule has 2 N–H and O–H groups in total. The van der Waals surface area contributed by atoms with Gasteiger partial charge in [0.2, 0.25) is 16.9 Å². The third kappa shape index (κ3) is 7.02. The van der Waals surface area contributed by atoms with Crippen molar-refractivity contribution in [1.29, 1.82) is 0 Å². The Labute approximate surface area is 202 Å². The number of thioether (sulfide) groups is 1. The second-order valence-corrected chi connectivity index (χ2v) is 8.65. The number of hydrogen-bond acceptors (Lipinski definition) is 10. The van der Waals surface area contributed by atoms with Crippen molar-refractivity contribution in [2.75, 3.05) is 30.6 Å². The third-order valence-corrected chi connectivity index (χ3v) is 6.13. The molecule has 3 rings (SSSR count). The maximum Gasteiger partial charge on any atom is 0.269 e. The van der Waals surface area contributed by atoms with Gasteiger partial charge in [0.15, 0.2) is 15.8 Å². The van der Waals surface area contributed by atoms with E-state index in [1.807, 2.05) is 0 Å². The maximum atomic E-state index is 12.2. The van der Waals surface area contributed by atoms with Crippen molar-refractivity contribution in [3.05, 3.63) is 64.2 Å². The van der Waals surface area contributed by atoms with E-state index in [2.05, 4.69) is 20.8 Å². The van der Waals surface area contributed by atoms with E-state index < -0.39 is 10.8 Å². The average Bonchev–Trinajstić information content (AvgIpc) is 3.28. The zero-order valence-electron chi connectivity index (χ0n) is 18.0. The molecule has 0 aliphatic carbocycles. The molecule has 0 saturated carbocycles. The Morgan fingerprint density at radius 2 is 1.82 bits per heavy atom. The van der Waals surface area contributed by atoms with Crippen LogP contribution < -0.4 is 20.1 Å². The van der Waals surface area contributed by atoms with Crippen LogP contribution in [0.4, 0.5) is 16.5 Å². The van der Waals surface area contributed by atoms with Gasteiger partial charge in [-0.1, -0.05) is 29.2 Å². The molecule has 0 radical (unpaired) electrons. The standard InChI is InChI=1S/C21H19N5O6S2/c1-31-16-9-3-13(11-17(16)32-2)4-10-18(27)23-20-24-25-21(34-20)33-12-19(28)22-14-5-7-15(8-6-14)26(29)30/h3-11H,12H2,1-2H3,(H,22,28)(H,23,24,27)/b10-4+. The zero-order chi connectivity index (χ0) is 24.5. The van der Waals surface area contributed by atoms with Gasteiger partial charge in [0, 0.05) is 23.9 Å². The second-order valence-electron chi connectivity index (χ2n) is 6.45. The van der Waals surface area contributed by atoms with E-state index in [0.29, 0.717) is 26.7 Å². The first-order chi connectivity index (χ1) is 16.4. The molecule has 2 aromatic carbocycles. The molecular weight excluding hydrogens is 482 g/mol. The van der Waals surface area contributed by atoms with Gasteiger partial charge >= 0.3 is 0 Å². The molecule has 0 aliphatic heterocycles. The molecule has 176 valence electrons. The second kappa shape index (κ2) is 11.8. The summed E-state index contributed by atoms with van der Waals surface area (Å²) in [7, 11) is 3.07. The van der Waals surface area contributed by atoms with Crippen LogP contribution in [0.2, 0.25) is 0 Å². The maximum absolute atomic E-state index is 12.2. The molecule has 1 heterocycles. The van der Waals surface area contributed by atoms with Crippen molar-refractivity contribution in [2.24, 2.45) is 0 Å². The Morgan fingerprint density at radius 3 is 2.50 bits per heavy atom. The minimum Gasteiger partial charge on any atom is -0.493 e. The van der Waals surface area contributed by atoms with E-state index in [4.69, 9.17) is 9.47 Å². The lowest BCUT2D eigenvalue weighted by Crippen LogP contribution is -2.13. The van der Waals surface area contributed by atoms with E-state index in [1.54, 1.807) is 31.4 Å². The molecule has 0 aliphatic rings. The number of carbonyl (C=O) groups excluding carboxylic acids is 2. The van der Waals surface area contributed by atoms with Crippen molar-refractivity contribution < 1.29 is 24.0 Å². The van der Waals surface area contributed by atoms with Gasteiger partial charge < -0.3 is 14.8 Å². The number of hydrogen-bond donors (Lipinski definition) is 2. The smallest absolute Gasteiger partial charge is 0.269 e. The van der Waals surface area contributed by atoms with Crippen LogP contribution in [-0.2, 0) is 9.59 Å². The number of carbonyl (C=O) groups is 2. The quantitative estimate of drug-likeness (QED) is 0.139. The van der Waals surface area contributed by atoms with Crippen LogP contribution in [0.15, 0.2) is 52.9 Å². The number of non-ortho nitro benzene ring substituents is 1. The van der Waals surface area contributed by atoms with E-state index in [-0.39, 0.29) is 17.3 Å². The number of aromatic nitrogens is 2. The minimum atomic E-state index is -0.515. The number of methoxy groups -OCH3 is 2. The molecule has 0 saturated heterocycles. The SMILES string of the molecule is COc1ccc(/C=C/C(=O)Nc2nnc(SCC(=O)Nc3ccc([N+](=O)[O-])cc3)s2)cc1OC. The lowest BCUT2D eigenvalue weighted by Gasteiger charge is -2.07. The van der Waals surface area contributed by atoms with Crippen molar-refractivity contribution in [1.82, 2.24) is 10.2 Å². The Bertz CT molecular complexity index is 1210.